The number of aromatic nitrogens is 3. The highest BCUT2D eigenvalue weighted by molar-refractivity contribution is 5.72. The molecule has 1 aliphatic rings. The fourth-order valence-corrected chi connectivity index (χ4v) is 3.17. The summed E-state index contributed by atoms with van der Waals surface area (Å²) in [7, 11) is 0. The number of hydrogen-bond donors (Lipinski definition) is 1. The van der Waals surface area contributed by atoms with Crippen LogP contribution >= 0.6 is 0 Å². The van der Waals surface area contributed by atoms with Crippen molar-refractivity contribution in [3.63, 3.8) is 0 Å². The third kappa shape index (κ3) is 2.77. The largest absolute Gasteiger partial charge is 0.384 e. The average molecular weight is 322 g/mol. The molecule has 0 bridgehead atoms. The number of nitrogens with two attached hydrogens (primary N) is 1. The first-order valence-electron chi connectivity index (χ1n) is 8.32. The Balaban J connectivity index is 1.78. The molecule has 4 rings (SSSR count). The van der Waals surface area contributed by atoms with E-state index in [0.29, 0.717) is 5.82 Å². The fourth-order valence-electron chi connectivity index (χ4n) is 3.17. The molecular formula is C19H19FN4. The summed E-state index contributed by atoms with van der Waals surface area (Å²) >= 11 is 0. The minimum absolute atomic E-state index is 0.252. The molecule has 2 heterocycles. The monoisotopic (exact) mass is 322 g/mol. The normalized spacial score (nSPS) is 15.3. The van der Waals surface area contributed by atoms with E-state index < -0.39 is 0 Å². The van der Waals surface area contributed by atoms with Crippen LogP contribution in [0.15, 0.2) is 42.5 Å². The van der Waals surface area contributed by atoms with Crippen molar-refractivity contribution in [1.29, 1.82) is 0 Å². The quantitative estimate of drug-likeness (QED) is 0.757. The maximum Gasteiger partial charge on any atom is 0.177 e. The number of pyridine rings is 1. The molecule has 1 aromatic carbocycles. The zero-order valence-electron chi connectivity index (χ0n) is 13.4. The molecular weight excluding hydrogens is 303 g/mol. The first kappa shape index (κ1) is 14.9. The molecule has 0 unspecified atom stereocenters. The summed E-state index contributed by atoms with van der Waals surface area (Å²) in [5.74, 6) is 1.04. The lowest BCUT2D eigenvalue weighted by molar-refractivity contribution is 0.628. The Morgan fingerprint density at radius 1 is 1.00 bits per heavy atom. The van der Waals surface area contributed by atoms with E-state index in [4.69, 9.17) is 5.73 Å². The number of fused-ring (bicyclic) bond motifs is 1. The lowest BCUT2D eigenvalue weighted by Crippen LogP contribution is -1.99. The molecule has 4 nitrogen and oxygen atoms in total. The summed E-state index contributed by atoms with van der Waals surface area (Å²) in [5.41, 5.74) is 9.91. The molecule has 0 saturated carbocycles. The first-order valence-corrected chi connectivity index (χ1v) is 8.32. The van der Waals surface area contributed by atoms with Crippen LogP contribution in [0.3, 0.4) is 0 Å². The minimum Gasteiger partial charge on any atom is -0.384 e. The maximum atomic E-state index is 13.1. The SMILES string of the molecule is Nc1cc(-c2ccc(F)cc2)cc2nc(C3=CCCCCC3)nn12. The standard InChI is InChI=1S/C19H19FN4/c20-16-9-7-13(8-10-16)15-11-17(21)24-18(12-15)22-19(23-24)14-5-3-1-2-4-6-14/h5,7-12H,1-4,6,21H2. The molecule has 24 heavy (non-hydrogen) atoms. The molecule has 0 aliphatic heterocycles. The number of nitrogen functional groups attached to an aromatic ring is 1. The summed E-state index contributed by atoms with van der Waals surface area (Å²) in [6.07, 6.45) is 8.01. The summed E-state index contributed by atoms with van der Waals surface area (Å²) in [6, 6.07) is 10.2. The van der Waals surface area contributed by atoms with E-state index in [9.17, 15) is 4.39 Å². The second-order valence-electron chi connectivity index (χ2n) is 6.21. The first-order chi connectivity index (χ1) is 11.7. The molecule has 2 aromatic heterocycles. The molecule has 1 aliphatic carbocycles. The second-order valence-corrected chi connectivity index (χ2v) is 6.21. The van der Waals surface area contributed by atoms with Crippen LogP contribution in [0, 0.1) is 5.82 Å². The van der Waals surface area contributed by atoms with Crippen LogP contribution in [0.1, 0.15) is 37.9 Å². The van der Waals surface area contributed by atoms with Gasteiger partial charge in [0.15, 0.2) is 11.5 Å². The Bertz CT molecular complexity index is 909. The van der Waals surface area contributed by atoms with E-state index in [-0.39, 0.29) is 5.82 Å². The lowest BCUT2D eigenvalue weighted by atomic mass is 10.1. The highest BCUT2D eigenvalue weighted by atomic mass is 19.1. The number of hydrogen-bond acceptors (Lipinski definition) is 3. The van der Waals surface area contributed by atoms with E-state index in [1.54, 1.807) is 16.6 Å². The molecule has 0 amide bonds. The highest BCUT2D eigenvalue weighted by Gasteiger charge is 2.13. The van der Waals surface area contributed by atoms with E-state index in [1.165, 1.54) is 37.0 Å². The van der Waals surface area contributed by atoms with Crippen molar-refractivity contribution in [2.45, 2.75) is 32.1 Å². The van der Waals surface area contributed by atoms with Gasteiger partial charge in [0, 0.05) is 0 Å². The van der Waals surface area contributed by atoms with Crippen LogP contribution in [-0.4, -0.2) is 14.6 Å². The van der Waals surface area contributed by atoms with Gasteiger partial charge in [-0.3, -0.25) is 0 Å². The minimum atomic E-state index is -0.252. The van der Waals surface area contributed by atoms with Gasteiger partial charge in [-0.05, 0) is 66.6 Å². The van der Waals surface area contributed by atoms with Gasteiger partial charge < -0.3 is 5.73 Å². The molecule has 5 heteroatoms. The third-order valence-corrected chi connectivity index (χ3v) is 4.47. The van der Waals surface area contributed by atoms with Gasteiger partial charge in [0.05, 0.1) is 0 Å². The van der Waals surface area contributed by atoms with Gasteiger partial charge >= 0.3 is 0 Å². The Morgan fingerprint density at radius 3 is 2.67 bits per heavy atom. The van der Waals surface area contributed by atoms with Crippen molar-refractivity contribution in [2.75, 3.05) is 5.73 Å². The topological polar surface area (TPSA) is 56.2 Å². The Labute approximate surface area is 139 Å². The molecule has 3 aromatic rings. The molecule has 0 fully saturated rings. The number of allylic oxidation sites excluding steroid dienone is 2. The summed E-state index contributed by atoms with van der Waals surface area (Å²) < 4.78 is 14.8. The zero-order chi connectivity index (χ0) is 16.5. The van der Waals surface area contributed by atoms with Crippen LogP contribution in [0.4, 0.5) is 10.2 Å². The van der Waals surface area contributed by atoms with Crippen molar-refractivity contribution in [2.24, 2.45) is 0 Å². The zero-order valence-corrected chi connectivity index (χ0v) is 13.4. The number of halogens is 1. The van der Waals surface area contributed by atoms with Crippen LogP contribution in [-0.2, 0) is 0 Å². The van der Waals surface area contributed by atoms with Crippen LogP contribution < -0.4 is 5.73 Å². The average Bonchev–Trinajstić information content (AvgIpc) is 2.83. The molecule has 0 saturated heterocycles. The van der Waals surface area contributed by atoms with Crippen LogP contribution in [0.5, 0.6) is 0 Å². The van der Waals surface area contributed by atoms with Crippen LogP contribution in [0.2, 0.25) is 0 Å². The van der Waals surface area contributed by atoms with Gasteiger partial charge in [0.25, 0.3) is 0 Å². The predicted molar refractivity (Wildman–Crippen MR) is 93.9 cm³/mol. The number of anilines is 1. The van der Waals surface area contributed by atoms with Crippen molar-refractivity contribution in [3.05, 3.63) is 54.1 Å². The maximum absolute atomic E-state index is 13.1. The van der Waals surface area contributed by atoms with Gasteiger partial charge in [-0.25, -0.2) is 9.37 Å². The van der Waals surface area contributed by atoms with Gasteiger partial charge in [-0.2, -0.15) is 4.52 Å². The lowest BCUT2D eigenvalue weighted by Gasteiger charge is -2.04. The van der Waals surface area contributed by atoms with E-state index in [1.807, 2.05) is 12.1 Å². The Kier molecular flexibility index (Phi) is 3.76. The molecule has 122 valence electrons. The smallest absolute Gasteiger partial charge is 0.177 e. The molecule has 0 radical (unpaired) electrons. The second kappa shape index (κ2) is 6.07. The highest BCUT2D eigenvalue weighted by Crippen LogP contribution is 2.27. The van der Waals surface area contributed by atoms with E-state index in [0.717, 1.165) is 35.4 Å². The molecule has 2 N–H and O–H groups in total. The Hall–Kier alpha value is -2.69. The van der Waals surface area contributed by atoms with Gasteiger partial charge in [0.2, 0.25) is 0 Å². The number of rotatable bonds is 2. The number of nitrogens with zero attached hydrogens (tertiary/aromatic N) is 3. The van der Waals surface area contributed by atoms with Gasteiger partial charge in [0.1, 0.15) is 11.6 Å². The van der Waals surface area contributed by atoms with Crippen molar-refractivity contribution in [3.8, 4) is 11.1 Å². The predicted octanol–water partition coefficient (Wildman–Crippen LogP) is 4.47. The van der Waals surface area contributed by atoms with Crippen molar-refractivity contribution in [1.82, 2.24) is 14.6 Å². The van der Waals surface area contributed by atoms with Crippen LogP contribution in [0.25, 0.3) is 22.3 Å². The van der Waals surface area contributed by atoms with Crippen molar-refractivity contribution < 1.29 is 4.39 Å². The van der Waals surface area contributed by atoms with E-state index in [2.05, 4.69) is 16.2 Å². The number of benzene rings is 1. The Morgan fingerprint density at radius 2 is 1.83 bits per heavy atom. The van der Waals surface area contributed by atoms with Crippen molar-refractivity contribution >= 4 is 17.0 Å². The third-order valence-electron chi connectivity index (χ3n) is 4.47. The summed E-state index contributed by atoms with van der Waals surface area (Å²) in [6.45, 7) is 0. The molecule has 0 atom stereocenters. The van der Waals surface area contributed by atoms with Gasteiger partial charge in [-0.1, -0.05) is 24.6 Å². The van der Waals surface area contributed by atoms with Gasteiger partial charge in [-0.15, -0.1) is 5.10 Å². The summed E-state index contributed by atoms with van der Waals surface area (Å²) in [4.78, 5) is 4.67. The summed E-state index contributed by atoms with van der Waals surface area (Å²) in [5, 5.41) is 4.58. The van der Waals surface area contributed by atoms with E-state index >= 15 is 0 Å². The fraction of sp³-hybridized carbons (Fsp3) is 0.263. The molecule has 0 spiro atoms.